The van der Waals surface area contributed by atoms with Gasteiger partial charge in [-0.25, -0.2) is 19.0 Å². The third-order valence-corrected chi connectivity index (χ3v) is 4.84. The number of rotatable bonds is 9. The molecule has 0 radical (unpaired) electrons. The van der Waals surface area contributed by atoms with Gasteiger partial charge in [0.05, 0.1) is 17.7 Å². The summed E-state index contributed by atoms with van der Waals surface area (Å²) in [7, 11) is 0. The van der Waals surface area contributed by atoms with Crippen LogP contribution in [-0.4, -0.2) is 35.0 Å². The zero-order valence-corrected chi connectivity index (χ0v) is 18.5. The fourth-order valence-electron chi connectivity index (χ4n) is 3.20. The van der Waals surface area contributed by atoms with Crippen molar-refractivity contribution in [1.82, 2.24) is 5.32 Å². The number of hydrogen-bond donors (Lipinski definition) is 4. The monoisotopic (exact) mass is 478 g/mol. The Bertz CT molecular complexity index is 1240. The lowest BCUT2D eigenvalue weighted by Crippen LogP contribution is -2.43. The predicted octanol–water partition coefficient (Wildman–Crippen LogP) is 2.30. The lowest BCUT2D eigenvalue weighted by atomic mass is 10.1. The number of carbonyl (C=O) groups is 3. The molecular formula is C25H23FN4O5. The number of ether oxygens (including phenoxy) is 1. The second kappa shape index (κ2) is 11.4. The van der Waals surface area contributed by atoms with E-state index in [1.165, 1.54) is 36.4 Å². The van der Waals surface area contributed by atoms with Crippen molar-refractivity contribution in [3.05, 3.63) is 95.3 Å². The van der Waals surface area contributed by atoms with Gasteiger partial charge < -0.3 is 26.6 Å². The minimum absolute atomic E-state index is 0.109. The van der Waals surface area contributed by atoms with Crippen molar-refractivity contribution in [1.29, 1.82) is 0 Å². The van der Waals surface area contributed by atoms with Crippen molar-refractivity contribution in [3.8, 4) is 5.75 Å². The van der Waals surface area contributed by atoms with Gasteiger partial charge in [-0.2, -0.15) is 0 Å². The van der Waals surface area contributed by atoms with Crippen LogP contribution in [0.5, 0.6) is 5.75 Å². The number of carboxylic acid groups (broad SMARTS) is 1. The molecule has 0 aliphatic rings. The molecule has 0 aliphatic carbocycles. The summed E-state index contributed by atoms with van der Waals surface area (Å²) in [6.07, 6.45) is -0.145. The van der Waals surface area contributed by atoms with E-state index < -0.39 is 29.7 Å². The summed E-state index contributed by atoms with van der Waals surface area (Å²) < 4.78 is 19.6. The molecule has 1 atom stereocenters. The van der Waals surface area contributed by atoms with E-state index in [9.17, 15) is 23.9 Å². The van der Waals surface area contributed by atoms with Crippen LogP contribution in [0.25, 0.3) is 0 Å². The Morgan fingerprint density at radius 2 is 1.66 bits per heavy atom. The molecule has 0 bridgehead atoms. The largest absolute Gasteiger partial charge is 0.480 e. The Morgan fingerprint density at radius 3 is 2.26 bits per heavy atom. The Labute approximate surface area is 200 Å². The molecule has 3 aromatic rings. The van der Waals surface area contributed by atoms with E-state index in [1.807, 2.05) is 0 Å². The first-order valence-electron chi connectivity index (χ1n) is 10.5. The van der Waals surface area contributed by atoms with Crippen molar-refractivity contribution in [2.75, 3.05) is 0 Å². The molecular weight excluding hydrogens is 455 g/mol. The van der Waals surface area contributed by atoms with Crippen molar-refractivity contribution in [2.24, 2.45) is 16.5 Å². The van der Waals surface area contributed by atoms with E-state index in [0.717, 1.165) is 11.6 Å². The second-order valence-electron chi connectivity index (χ2n) is 7.56. The van der Waals surface area contributed by atoms with E-state index in [2.05, 4.69) is 10.3 Å². The summed E-state index contributed by atoms with van der Waals surface area (Å²) in [5, 5.41) is 11.9. The minimum atomic E-state index is -1.18. The summed E-state index contributed by atoms with van der Waals surface area (Å²) >= 11 is 0. The summed E-state index contributed by atoms with van der Waals surface area (Å²) in [5.74, 6) is -3.86. The van der Waals surface area contributed by atoms with Gasteiger partial charge in [-0.05, 0) is 47.5 Å². The van der Waals surface area contributed by atoms with Gasteiger partial charge in [0.1, 0.15) is 6.04 Å². The zero-order chi connectivity index (χ0) is 25.4. The van der Waals surface area contributed by atoms with Crippen LogP contribution in [0.3, 0.4) is 0 Å². The SMILES string of the molecule is NC(N)=Nc1ccc(C(=O)Oc2ccc(CC(=O)N[C@@H](Cc3ccccc3)C(=O)O)cc2F)cc1. The van der Waals surface area contributed by atoms with Crippen LogP contribution in [-0.2, 0) is 22.4 Å². The van der Waals surface area contributed by atoms with Crippen LogP contribution in [0.2, 0.25) is 0 Å². The number of aliphatic imine (C=N–C) groups is 1. The number of carboxylic acids is 1. The van der Waals surface area contributed by atoms with Crippen LogP contribution in [0.4, 0.5) is 10.1 Å². The fourth-order valence-corrected chi connectivity index (χ4v) is 3.20. The first kappa shape index (κ1) is 24.9. The highest BCUT2D eigenvalue weighted by Crippen LogP contribution is 2.21. The molecule has 3 rings (SSSR count). The van der Waals surface area contributed by atoms with Gasteiger partial charge in [-0.15, -0.1) is 0 Å². The van der Waals surface area contributed by atoms with Crippen LogP contribution in [0.1, 0.15) is 21.5 Å². The summed E-state index contributed by atoms with van der Waals surface area (Å²) in [6.45, 7) is 0. The maximum Gasteiger partial charge on any atom is 0.343 e. The molecule has 9 nitrogen and oxygen atoms in total. The van der Waals surface area contributed by atoms with Gasteiger partial charge in [-0.1, -0.05) is 36.4 Å². The average Bonchev–Trinajstić information content (AvgIpc) is 2.81. The quantitative estimate of drug-likeness (QED) is 0.159. The van der Waals surface area contributed by atoms with E-state index >= 15 is 0 Å². The van der Waals surface area contributed by atoms with E-state index in [-0.39, 0.29) is 35.7 Å². The molecule has 0 heterocycles. The number of nitrogens with two attached hydrogens (primary N) is 2. The molecule has 1 amide bonds. The molecule has 0 saturated heterocycles. The summed E-state index contributed by atoms with van der Waals surface area (Å²) in [6, 6.07) is 17.3. The van der Waals surface area contributed by atoms with Gasteiger partial charge in [0.25, 0.3) is 0 Å². The zero-order valence-electron chi connectivity index (χ0n) is 18.5. The highest BCUT2D eigenvalue weighted by molar-refractivity contribution is 5.91. The van der Waals surface area contributed by atoms with Crippen molar-refractivity contribution in [3.63, 3.8) is 0 Å². The molecule has 0 unspecified atom stereocenters. The van der Waals surface area contributed by atoms with E-state index in [0.29, 0.717) is 5.69 Å². The minimum Gasteiger partial charge on any atom is -0.480 e. The van der Waals surface area contributed by atoms with Crippen LogP contribution < -0.4 is 21.5 Å². The lowest BCUT2D eigenvalue weighted by Gasteiger charge is -2.15. The number of guanidine groups is 1. The Balaban J connectivity index is 1.61. The Kier molecular flexibility index (Phi) is 8.12. The Morgan fingerprint density at radius 1 is 0.971 bits per heavy atom. The fraction of sp³-hybridized carbons (Fsp3) is 0.120. The molecule has 0 fully saturated rings. The van der Waals surface area contributed by atoms with Crippen LogP contribution >= 0.6 is 0 Å². The topological polar surface area (TPSA) is 157 Å². The summed E-state index contributed by atoms with van der Waals surface area (Å²) in [5.41, 5.74) is 12.2. The summed E-state index contributed by atoms with van der Waals surface area (Å²) in [4.78, 5) is 40.0. The van der Waals surface area contributed by atoms with Crippen molar-refractivity contribution in [2.45, 2.75) is 18.9 Å². The van der Waals surface area contributed by atoms with Crippen LogP contribution in [0, 0.1) is 5.82 Å². The average molecular weight is 478 g/mol. The number of nitrogens with zero attached hydrogens (tertiary/aromatic N) is 1. The number of hydrogen-bond acceptors (Lipinski definition) is 5. The number of esters is 1. The highest BCUT2D eigenvalue weighted by atomic mass is 19.1. The smallest absolute Gasteiger partial charge is 0.343 e. The first-order chi connectivity index (χ1) is 16.7. The molecule has 35 heavy (non-hydrogen) atoms. The molecule has 0 aromatic heterocycles. The molecule has 6 N–H and O–H groups in total. The standard InChI is InChI=1S/C25H23FN4O5/c26-19-12-16(14-22(31)30-20(23(32)33)13-15-4-2-1-3-5-15)6-11-21(19)35-24(34)17-7-9-18(10-8-17)29-25(27)28/h1-12,20H,13-14H2,(H,30,31)(H,32,33)(H4,27,28,29)/t20-/m0/s1. The molecule has 3 aromatic carbocycles. The molecule has 0 aliphatic heterocycles. The number of amides is 1. The predicted molar refractivity (Wildman–Crippen MR) is 127 cm³/mol. The number of carbonyl (C=O) groups excluding carboxylic acids is 2. The highest BCUT2D eigenvalue weighted by Gasteiger charge is 2.21. The van der Waals surface area contributed by atoms with Gasteiger partial charge in [0.15, 0.2) is 17.5 Å². The van der Waals surface area contributed by atoms with Gasteiger partial charge in [0, 0.05) is 6.42 Å². The first-order valence-corrected chi connectivity index (χ1v) is 10.5. The molecule has 0 saturated carbocycles. The van der Waals surface area contributed by atoms with Crippen LogP contribution in [0.15, 0.2) is 77.8 Å². The third-order valence-electron chi connectivity index (χ3n) is 4.84. The normalized spacial score (nSPS) is 11.2. The van der Waals surface area contributed by atoms with E-state index in [4.69, 9.17) is 16.2 Å². The van der Waals surface area contributed by atoms with Crippen molar-refractivity contribution < 1.29 is 28.6 Å². The molecule has 10 heteroatoms. The second-order valence-corrected chi connectivity index (χ2v) is 7.56. The van der Waals surface area contributed by atoms with Gasteiger partial charge in [-0.3, -0.25) is 4.79 Å². The number of halogens is 1. The molecule has 180 valence electrons. The number of aliphatic carboxylic acids is 1. The third kappa shape index (κ3) is 7.39. The number of nitrogens with one attached hydrogen (secondary N) is 1. The lowest BCUT2D eigenvalue weighted by molar-refractivity contribution is -0.141. The number of benzene rings is 3. The Hall–Kier alpha value is -4.73. The maximum absolute atomic E-state index is 14.5. The van der Waals surface area contributed by atoms with Crippen molar-refractivity contribution >= 4 is 29.5 Å². The molecule has 0 spiro atoms. The van der Waals surface area contributed by atoms with E-state index in [1.54, 1.807) is 30.3 Å². The van der Waals surface area contributed by atoms with Gasteiger partial charge in [0.2, 0.25) is 5.91 Å². The van der Waals surface area contributed by atoms with Gasteiger partial charge >= 0.3 is 11.9 Å². The maximum atomic E-state index is 14.5.